The zero-order valence-electron chi connectivity index (χ0n) is 15.2. The molecule has 28 heavy (non-hydrogen) atoms. The van der Waals surface area contributed by atoms with E-state index in [9.17, 15) is 22.0 Å². The topological polar surface area (TPSA) is 39.4 Å². The first-order chi connectivity index (χ1) is 13.2. The van der Waals surface area contributed by atoms with Crippen molar-refractivity contribution in [3.05, 3.63) is 54.3 Å². The van der Waals surface area contributed by atoms with Gasteiger partial charge in [-0.2, -0.15) is 13.2 Å². The summed E-state index contributed by atoms with van der Waals surface area (Å²) < 4.78 is 69.5. The van der Waals surface area contributed by atoms with E-state index < -0.39 is 25.1 Å². The lowest BCUT2D eigenvalue weighted by atomic mass is 10.0. The van der Waals surface area contributed by atoms with Crippen molar-refractivity contribution in [2.24, 2.45) is 10.9 Å². The van der Waals surface area contributed by atoms with Crippen LogP contribution < -0.4 is 0 Å². The molecule has 0 bridgehead atoms. The maximum atomic E-state index is 13.0. The molecular weight excluding hydrogens is 381 g/mol. The quantitative estimate of drug-likeness (QED) is 0.365. The van der Waals surface area contributed by atoms with Gasteiger partial charge >= 0.3 is 6.18 Å². The van der Waals surface area contributed by atoms with Crippen molar-refractivity contribution in [1.82, 2.24) is 9.55 Å². The molecule has 152 valence electrons. The minimum Gasteiger partial charge on any atom is -0.371 e. The van der Waals surface area contributed by atoms with Crippen LogP contribution in [0, 0.1) is 12.8 Å². The van der Waals surface area contributed by atoms with Crippen molar-refractivity contribution in [2.45, 2.75) is 25.9 Å². The Balaban J connectivity index is 2.29. The summed E-state index contributed by atoms with van der Waals surface area (Å²) in [5.41, 5.74) is 1.42. The Morgan fingerprint density at radius 1 is 1.46 bits per heavy atom. The van der Waals surface area contributed by atoms with Crippen LogP contribution in [-0.4, -0.2) is 41.1 Å². The van der Waals surface area contributed by atoms with Crippen LogP contribution in [0.4, 0.5) is 22.0 Å². The molecule has 0 radical (unpaired) electrons. The van der Waals surface area contributed by atoms with Gasteiger partial charge in [0.2, 0.25) is 0 Å². The second-order valence-corrected chi connectivity index (χ2v) is 5.93. The molecule has 0 aliphatic carbocycles. The highest BCUT2D eigenvalue weighted by atomic mass is 19.4. The Labute approximate surface area is 159 Å². The van der Waals surface area contributed by atoms with Crippen molar-refractivity contribution < 1.29 is 26.7 Å². The van der Waals surface area contributed by atoms with Crippen LogP contribution in [0.2, 0.25) is 0 Å². The summed E-state index contributed by atoms with van der Waals surface area (Å²) in [6.45, 7) is 4.52. The Hall–Kier alpha value is -2.55. The van der Waals surface area contributed by atoms with Crippen LogP contribution in [-0.2, 0) is 4.74 Å². The van der Waals surface area contributed by atoms with Crippen LogP contribution in [0.15, 0.2) is 42.1 Å². The molecule has 2 heterocycles. The van der Waals surface area contributed by atoms with Crippen LogP contribution in [0.5, 0.6) is 0 Å². The minimum atomic E-state index is -4.33. The average molecular weight is 401 g/mol. The highest BCUT2D eigenvalue weighted by Gasteiger charge is 2.37. The van der Waals surface area contributed by atoms with Crippen molar-refractivity contribution >= 4 is 18.0 Å². The Bertz CT molecular complexity index is 803. The summed E-state index contributed by atoms with van der Waals surface area (Å²) in [6, 6.07) is 0. The first-order valence-corrected chi connectivity index (χ1v) is 8.46. The van der Waals surface area contributed by atoms with E-state index in [1.807, 2.05) is 0 Å². The first-order valence-electron chi connectivity index (χ1n) is 8.46. The Kier molecular flexibility index (Phi) is 7.45. The maximum absolute atomic E-state index is 13.0. The van der Waals surface area contributed by atoms with Gasteiger partial charge in [-0.25, -0.2) is 13.8 Å². The number of aliphatic imine (C=N–C) groups is 1. The van der Waals surface area contributed by atoms with E-state index in [0.717, 1.165) is 6.08 Å². The van der Waals surface area contributed by atoms with Crippen molar-refractivity contribution in [2.75, 3.05) is 13.2 Å². The highest BCUT2D eigenvalue weighted by Crippen LogP contribution is 2.32. The molecule has 0 saturated carbocycles. The summed E-state index contributed by atoms with van der Waals surface area (Å²) in [4.78, 5) is 8.56. The normalized spacial score (nSPS) is 17.8. The second-order valence-electron chi connectivity index (χ2n) is 5.93. The summed E-state index contributed by atoms with van der Waals surface area (Å²) in [7, 11) is 0. The molecule has 0 aromatic carbocycles. The molecule has 9 heteroatoms. The van der Waals surface area contributed by atoms with Crippen LogP contribution in [0.25, 0.3) is 12.3 Å². The van der Waals surface area contributed by atoms with Crippen molar-refractivity contribution in [3.63, 3.8) is 0 Å². The number of alkyl halides is 5. The molecule has 2 rings (SSSR count). The van der Waals surface area contributed by atoms with Gasteiger partial charge in [-0.05, 0) is 25.5 Å². The number of halogens is 5. The number of hydrogen-bond donors (Lipinski definition) is 0. The number of imidazole rings is 1. The van der Waals surface area contributed by atoms with Gasteiger partial charge in [-0.15, -0.1) is 0 Å². The molecule has 4 nitrogen and oxygen atoms in total. The molecule has 0 fully saturated rings. The molecule has 0 saturated heterocycles. The third-order valence-corrected chi connectivity index (χ3v) is 3.93. The first kappa shape index (κ1) is 21.7. The largest absolute Gasteiger partial charge is 0.395 e. The van der Waals surface area contributed by atoms with E-state index in [-0.39, 0.29) is 13.0 Å². The van der Waals surface area contributed by atoms with E-state index in [1.165, 1.54) is 30.6 Å². The lowest BCUT2D eigenvalue weighted by Gasteiger charge is -2.16. The number of hydrogen-bond acceptors (Lipinski definition) is 3. The van der Waals surface area contributed by atoms with Crippen LogP contribution >= 0.6 is 0 Å². The molecule has 0 amide bonds. The number of aromatic nitrogens is 2. The van der Waals surface area contributed by atoms with Gasteiger partial charge in [0.25, 0.3) is 6.43 Å². The lowest BCUT2D eigenvalue weighted by Crippen LogP contribution is -2.20. The SMILES string of the molecule is C=C/N=C(\C=C/COCC(F)F)c1nc2n(c1C)C=CC(C(F)(F)F)CC=C2. The molecule has 0 N–H and O–H groups in total. The molecular formula is C19H20F5N3O. The van der Waals surface area contributed by atoms with E-state index >= 15 is 0 Å². The van der Waals surface area contributed by atoms with Gasteiger partial charge in [0.15, 0.2) is 0 Å². The summed E-state index contributed by atoms with van der Waals surface area (Å²) in [5, 5.41) is 0. The highest BCUT2D eigenvalue weighted by molar-refractivity contribution is 6.08. The maximum Gasteiger partial charge on any atom is 0.395 e. The van der Waals surface area contributed by atoms with Crippen molar-refractivity contribution in [1.29, 1.82) is 0 Å². The zero-order valence-corrected chi connectivity index (χ0v) is 15.2. The van der Waals surface area contributed by atoms with Gasteiger partial charge in [0, 0.05) is 18.1 Å². The van der Waals surface area contributed by atoms with Crippen LogP contribution in [0.3, 0.4) is 0 Å². The lowest BCUT2D eigenvalue weighted by molar-refractivity contribution is -0.159. The smallest absolute Gasteiger partial charge is 0.371 e. The molecule has 0 spiro atoms. The number of rotatable bonds is 7. The van der Waals surface area contributed by atoms with Crippen molar-refractivity contribution in [3.8, 4) is 0 Å². The molecule has 1 aliphatic heterocycles. The third kappa shape index (κ3) is 5.72. The predicted molar refractivity (Wildman–Crippen MR) is 98.2 cm³/mol. The zero-order chi connectivity index (χ0) is 20.7. The Morgan fingerprint density at radius 3 is 2.86 bits per heavy atom. The second kappa shape index (κ2) is 9.59. The summed E-state index contributed by atoms with van der Waals surface area (Å²) in [5.74, 6) is -1.11. The fraction of sp³-hybridized carbons (Fsp3) is 0.368. The minimum absolute atomic E-state index is 0.0415. The van der Waals surface area contributed by atoms with Gasteiger partial charge in [0.05, 0.1) is 18.2 Å². The van der Waals surface area contributed by atoms with Gasteiger partial charge in [-0.1, -0.05) is 24.8 Å². The molecule has 1 aliphatic rings. The molecule has 1 unspecified atom stereocenters. The van der Waals surface area contributed by atoms with Gasteiger partial charge in [-0.3, -0.25) is 4.99 Å². The Morgan fingerprint density at radius 2 is 2.21 bits per heavy atom. The fourth-order valence-corrected chi connectivity index (χ4v) is 2.58. The predicted octanol–water partition coefficient (Wildman–Crippen LogP) is 5.03. The number of nitrogens with zero attached hydrogens (tertiary/aromatic N) is 3. The van der Waals surface area contributed by atoms with Gasteiger partial charge < -0.3 is 9.30 Å². The molecule has 1 aromatic rings. The van der Waals surface area contributed by atoms with E-state index in [0.29, 0.717) is 22.9 Å². The van der Waals surface area contributed by atoms with E-state index in [4.69, 9.17) is 4.74 Å². The fourth-order valence-electron chi connectivity index (χ4n) is 2.58. The summed E-state index contributed by atoms with van der Waals surface area (Å²) in [6.07, 6.45) is 2.71. The van der Waals surface area contributed by atoms with E-state index in [1.54, 1.807) is 17.6 Å². The molecule has 1 atom stereocenters. The number of ether oxygens (including phenoxy) is 1. The standard InChI is InChI=1S/C19H20F5N3O/c1-3-25-15(7-5-11-28-12-16(20)21)18-13(2)27-10-9-14(19(22,23)24)6-4-8-17(27)26-18/h3-5,7-10,14,16H,1,6,11-12H2,2H3/b7-5-,8-4?,10-9?,25-15+. The number of fused-ring (bicyclic) bond motifs is 1. The number of allylic oxidation sites excluding steroid dienone is 3. The monoisotopic (exact) mass is 401 g/mol. The summed E-state index contributed by atoms with van der Waals surface area (Å²) >= 11 is 0. The van der Waals surface area contributed by atoms with Crippen LogP contribution in [0.1, 0.15) is 23.6 Å². The molecule has 1 aromatic heterocycles. The third-order valence-electron chi connectivity index (χ3n) is 3.93. The van der Waals surface area contributed by atoms with Gasteiger partial charge in [0.1, 0.15) is 18.1 Å². The van der Waals surface area contributed by atoms with E-state index in [2.05, 4.69) is 16.6 Å². The average Bonchev–Trinajstić information content (AvgIpc) is 2.87.